The Balaban J connectivity index is 1.81. The fourth-order valence-electron chi connectivity index (χ4n) is 2.46. The molecule has 1 aromatic carbocycles. The number of amides is 1. The molecule has 0 saturated carbocycles. The van der Waals surface area contributed by atoms with E-state index in [4.69, 9.17) is 27.6 Å². The van der Waals surface area contributed by atoms with Gasteiger partial charge in [-0.3, -0.25) is 9.48 Å². The minimum atomic E-state index is -5.07. The van der Waals surface area contributed by atoms with Gasteiger partial charge in [-0.05, 0) is 30.3 Å². The standard InChI is InChI=1S/C17H9Cl2F6N3O2/c18-8-3-9(19)5-10(4-8)26-15(29)12-2-1-11(30-12)7-28-14(17(23,24)25)6-13(27-28)16(20,21)22/h1-6H,7H2,(H,26,29). The van der Waals surface area contributed by atoms with Crippen LogP contribution >= 0.6 is 23.2 Å². The highest BCUT2D eigenvalue weighted by Gasteiger charge is 2.42. The van der Waals surface area contributed by atoms with E-state index in [0.29, 0.717) is 0 Å². The van der Waals surface area contributed by atoms with Gasteiger partial charge in [-0.25, -0.2) is 0 Å². The van der Waals surface area contributed by atoms with E-state index in [2.05, 4.69) is 10.4 Å². The first-order valence-corrected chi connectivity index (χ1v) is 8.67. The Labute approximate surface area is 174 Å². The van der Waals surface area contributed by atoms with Crippen LogP contribution in [0.2, 0.25) is 10.0 Å². The van der Waals surface area contributed by atoms with E-state index >= 15 is 0 Å². The van der Waals surface area contributed by atoms with Gasteiger partial charge in [0, 0.05) is 21.8 Å². The molecule has 3 aromatic rings. The molecule has 0 saturated heterocycles. The number of carbonyl (C=O) groups excluding carboxylic acids is 1. The summed E-state index contributed by atoms with van der Waals surface area (Å²) in [5.74, 6) is -1.28. The minimum Gasteiger partial charge on any atom is -0.454 e. The Hall–Kier alpha value is -2.66. The molecule has 0 unspecified atom stereocenters. The van der Waals surface area contributed by atoms with Crippen LogP contribution in [0.15, 0.2) is 40.8 Å². The van der Waals surface area contributed by atoms with E-state index in [0.717, 1.165) is 12.1 Å². The first-order chi connectivity index (χ1) is 13.8. The van der Waals surface area contributed by atoms with Crippen LogP contribution in [0.25, 0.3) is 0 Å². The zero-order valence-corrected chi connectivity index (χ0v) is 15.9. The normalized spacial score (nSPS) is 12.3. The lowest BCUT2D eigenvalue weighted by molar-refractivity contribution is -0.144. The van der Waals surface area contributed by atoms with Crippen molar-refractivity contribution in [3.8, 4) is 0 Å². The average molecular weight is 472 g/mol. The molecule has 160 valence electrons. The van der Waals surface area contributed by atoms with E-state index in [9.17, 15) is 31.1 Å². The van der Waals surface area contributed by atoms with E-state index in [-0.39, 0.29) is 38.0 Å². The van der Waals surface area contributed by atoms with Gasteiger partial charge in [0.05, 0.1) is 6.54 Å². The monoisotopic (exact) mass is 471 g/mol. The van der Waals surface area contributed by atoms with Crippen LogP contribution in [0, 0.1) is 0 Å². The Morgan fingerprint density at radius 3 is 2.20 bits per heavy atom. The first-order valence-electron chi connectivity index (χ1n) is 7.91. The van der Waals surface area contributed by atoms with Gasteiger partial charge in [0.1, 0.15) is 11.5 Å². The molecule has 0 aliphatic heterocycles. The summed E-state index contributed by atoms with van der Waals surface area (Å²) in [4.78, 5) is 12.2. The lowest BCUT2D eigenvalue weighted by Crippen LogP contribution is -2.15. The van der Waals surface area contributed by atoms with Crippen LogP contribution in [-0.2, 0) is 18.9 Å². The van der Waals surface area contributed by atoms with Gasteiger partial charge in [-0.15, -0.1) is 0 Å². The Bertz CT molecular complexity index is 1070. The van der Waals surface area contributed by atoms with Crippen molar-refractivity contribution in [3.05, 3.63) is 69.4 Å². The number of rotatable bonds is 4. The summed E-state index contributed by atoms with van der Waals surface area (Å²) < 4.78 is 82.6. The molecular formula is C17H9Cl2F6N3O2. The predicted octanol–water partition coefficient (Wildman–Crippen LogP) is 6.12. The van der Waals surface area contributed by atoms with Crippen LogP contribution in [0.3, 0.4) is 0 Å². The zero-order chi connectivity index (χ0) is 22.3. The van der Waals surface area contributed by atoms with Crippen molar-refractivity contribution in [2.24, 2.45) is 0 Å². The highest BCUT2D eigenvalue weighted by atomic mass is 35.5. The van der Waals surface area contributed by atoms with E-state index in [1.807, 2.05) is 0 Å². The summed E-state index contributed by atoms with van der Waals surface area (Å²) in [6.45, 7) is -0.777. The Morgan fingerprint density at radius 1 is 1.00 bits per heavy atom. The van der Waals surface area contributed by atoms with E-state index in [1.54, 1.807) is 0 Å². The summed E-state index contributed by atoms with van der Waals surface area (Å²) in [6.07, 6.45) is -10.1. The molecule has 0 aliphatic rings. The number of nitrogens with one attached hydrogen (secondary N) is 1. The van der Waals surface area contributed by atoms with Crippen molar-refractivity contribution in [2.75, 3.05) is 5.32 Å². The molecule has 30 heavy (non-hydrogen) atoms. The van der Waals surface area contributed by atoms with Crippen molar-refractivity contribution in [3.63, 3.8) is 0 Å². The van der Waals surface area contributed by atoms with Gasteiger partial charge >= 0.3 is 12.4 Å². The maximum absolute atomic E-state index is 13.0. The van der Waals surface area contributed by atoms with Crippen LogP contribution in [0.5, 0.6) is 0 Å². The second-order valence-electron chi connectivity index (χ2n) is 5.95. The molecule has 0 fully saturated rings. The molecule has 13 heteroatoms. The summed E-state index contributed by atoms with van der Waals surface area (Å²) in [7, 11) is 0. The van der Waals surface area contributed by atoms with Gasteiger partial charge in [0.15, 0.2) is 11.5 Å². The Morgan fingerprint density at radius 2 is 1.63 bits per heavy atom. The number of aromatic nitrogens is 2. The molecule has 0 aliphatic carbocycles. The molecule has 0 atom stereocenters. The summed E-state index contributed by atoms with van der Waals surface area (Å²) >= 11 is 11.6. The maximum Gasteiger partial charge on any atom is 0.435 e. The largest absolute Gasteiger partial charge is 0.454 e. The number of furan rings is 1. The van der Waals surface area contributed by atoms with Crippen molar-refractivity contribution >= 4 is 34.8 Å². The molecule has 5 nitrogen and oxygen atoms in total. The van der Waals surface area contributed by atoms with Gasteiger partial charge in [0.2, 0.25) is 0 Å². The second-order valence-corrected chi connectivity index (χ2v) is 6.82. The van der Waals surface area contributed by atoms with Crippen LogP contribution < -0.4 is 5.32 Å². The Kier molecular flexibility index (Phi) is 5.79. The minimum absolute atomic E-state index is 0.0978. The number of benzene rings is 1. The topological polar surface area (TPSA) is 60.1 Å². The molecule has 2 heterocycles. The van der Waals surface area contributed by atoms with Gasteiger partial charge < -0.3 is 9.73 Å². The van der Waals surface area contributed by atoms with E-state index in [1.165, 1.54) is 18.2 Å². The first kappa shape index (κ1) is 22.0. The molecule has 0 spiro atoms. The third kappa shape index (κ3) is 5.08. The second kappa shape index (κ2) is 7.88. The summed E-state index contributed by atoms with van der Waals surface area (Å²) in [5.41, 5.74) is -3.07. The number of carbonyl (C=O) groups is 1. The lowest BCUT2D eigenvalue weighted by Gasteiger charge is -2.08. The van der Waals surface area contributed by atoms with Crippen molar-refractivity contribution in [1.29, 1.82) is 0 Å². The average Bonchev–Trinajstić information content (AvgIpc) is 3.20. The summed E-state index contributed by atoms with van der Waals surface area (Å²) in [5, 5.41) is 5.88. The lowest BCUT2D eigenvalue weighted by atomic mass is 10.3. The third-order valence-corrected chi connectivity index (χ3v) is 4.11. The molecule has 3 rings (SSSR count). The van der Waals surface area contributed by atoms with Crippen molar-refractivity contribution in [2.45, 2.75) is 18.9 Å². The molecule has 0 radical (unpaired) electrons. The smallest absolute Gasteiger partial charge is 0.435 e. The fraction of sp³-hybridized carbons (Fsp3) is 0.176. The SMILES string of the molecule is O=C(Nc1cc(Cl)cc(Cl)c1)c1ccc(Cn2nc(C(F)(F)F)cc2C(F)(F)F)o1. The highest BCUT2D eigenvalue weighted by Crippen LogP contribution is 2.35. The predicted molar refractivity (Wildman–Crippen MR) is 94.5 cm³/mol. The van der Waals surface area contributed by atoms with Gasteiger partial charge in [-0.1, -0.05) is 23.2 Å². The van der Waals surface area contributed by atoms with E-state index < -0.39 is 36.2 Å². The number of nitrogens with zero attached hydrogens (tertiary/aromatic N) is 2. The maximum atomic E-state index is 13.0. The molecule has 1 amide bonds. The van der Waals surface area contributed by atoms with Crippen molar-refractivity contribution in [1.82, 2.24) is 9.78 Å². The number of halogens is 8. The van der Waals surface area contributed by atoms with Crippen LogP contribution in [0.1, 0.15) is 27.7 Å². The number of alkyl halides is 6. The molecule has 1 N–H and O–H groups in total. The number of hydrogen-bond donors (Lipinski definition) is 1. The molecule has 2 aromatic heterocycles. The third-order valence-electron chi connectivity index (χ3n) is 3.67. The molecular weight excluding hydrogens is 463 g/mol. The van der Waals surface area contributed by atoms with Crippen LogP contribution in [-0.4, -0.2) is 15.7 Å². The number of hydrogen-bond acceptors (Lipinski definition) is 3. The summed E-state index contributed by atoms with van der Waals surface area (Å²) in [6, 6.07) is 6.42. The van der Waals surface area contributed by atoms with Gasteiger partial charge in [0.25, 0.3) is 5.91 Å². The molecule has 0 bridgehead atoms. The van der Waals surface area contributed by atoms with Crippen molar-refractivity contribution < 1.29 is 35.6 Å². The quantitative estimate of drug-likeness (QED) is 0.466. The van der Waals surface area contributed by atoms with Gasteiger partial charge in [-0.2, -0.15) is 31.4 Å². The highest BCUT2D eigenvalue weighted by molar-refractivity contribution is 6.35. The zero-order valence-electron chi connectivity index (χ0n) is 14.4. The fourth-order valence-corrected chi connectivity index (χ4v) is 2.98. The number of anilines is 1. The van der Waals surface area contributed by atoms with Crippen LogP contribution in [0.4, 0.5) is 32.0 Å².